The first-order valence-electron chi connectivity index (χ1n) is 12.3. The molecular formula is C26H30FN7O6. The number of methoxy groups -OCH3 is 3. The van der Waals surface area contributed by atoms with Crippen LogP contribution >= 0.6 is 0 Å². The lowest BCUT2D eigenvalue weighted by atomic mass is 10.1. The molecule has 3 heterocycles. The second-order valence-electron chi connectivity index (χ2n) is 9.05. The Morgan fingerprint density at radius 3 is 2.45 bits per heavy atom. The summed E-state index contributed by atoms with van der Waals surface area (Å²) < 4.78 is 36.8. The lowest BCUT2D eigenvalue weighted by Crippen LogP contribution is -2.46. The van der Waals surface area contributed by atoms with Crippen LogP contribution in [0.3, 0.4) is 0 Å². The number of halogens is 1. The van der Waals surface area contributed by atoms with Crippen LogP contribution in [-0.2, 0) is 4.79 Å². The number of anilines is 5. The summed E-state index contributed by atoms with van der Waals surface area (Å²) in [5, 5.41) is 8.22. The first-order chi connectivity index (χ1) is 19.1. The molecule has 0 spiro atoms. The van der Waals surface area contributed by atoms with Gasteiger partial charge in [-0.15, -0.1) is 0 Å². The van der Waals surface area contributed by atoms with Crippen molar-refractivity contribution in [2.24, 2.45) is 0 Å². The summed E-state index contributed by atoms with van der Waals surface area (Å²) in [4.78, 5) is 39.4. The number of nitrogens with zero attached hydrogens (tertiary/aromatic N) is 4. The van der Waals surface area contributed by atoms with E-state index >= 15 is 0 Å². The molecule has 0 radical (unpaired) electrons. The molecule has 13 nitrogen and oxygen atoms in total. The van der Waals surface area contributed by atoms with Gasteiger partial charge in [0.05, 0.1) is 33.2 Å². The first-order valence-corrected chi connectivity index (χ1v) is 12.3. The fourth-order valence-electron chi connectivity index (χ4n) is 3.77. The predicted molar refractivity (Wildman–Crippen MR) is 145 cm³/mol. The Balaban J connectivity index is 1.74. The normalized spacial score (nSPS) is 13.3. The smallest absolute Gasteiger partial charge is 0.328 e. The van der Waals surface area contributed by atoms with Gasteiger partial charge in [0, 0.05) is 18.7 Å². The van der Waals surface area contributed by atoms with E-state index in [1.54, 1.807) is 38.1 Å². The van der Waals surface area contributed by atoms with Crippen molar-refractivity contribution in [3.63, 3.8) is 0 Å². The number of aromatic nitrogens is 3. The Kier molecular flexibility index (Phi) is 8.07. The van der Waals surface area contributed by atoms with Gasteiger partial charge < -0.3 is 34.9 Å². The molecule has 40 heavy (non-hydrogen) atoms. The van der Waals surface area contributed by atoms with Crippen LogP contribution < -0.4 is 39.8 Å². The third kappa shape index (κ3) is 5.60. The summed E-state index contributed by atoms with van der Waals surface area (Å²) in [5.74, 6) is 0.00544. The van der Waals surface area contributed by atoms with Crippen molar-refractivity contribution in [3.8, 4) is 23.0 Å². The maximum atomic E-state index is 14.9. The third-order valence-corrected chi connectivity index (χ3v) is 5.82. The molecule has 1 aliphatic heterocycles. The van der Waals surface area contributed by atoms with Crippen LogP contribution in [0.5, 0.6) is 23.0 Å². The first kappa shape index (κ1) is 28.1. The molecule has 3 N–H and O–H groups in total. The second kappa shape index (κ2) is 11.5. The Labute approximate surface area is 230 Å². The number of rotatable bonds is 9. The van der Waals surface area contributed by atoms with E-state index in [0.717, 1.165) is 11.1 Å². The monoisotopic (exact) mass is 555 g/mol. The van der Waals surface area contributed by atoms with Crippen LogP contribution in [0.1, 0.15) is 27.2 Å². The molecule has 0 atom stereocenters. The number of pyridine rings is 1. The highest BCUT2D eigenvalue weighted by atomic mass is 19.1. The van der Waals surface area contributed by atoms with Gasteiger partial charge in [0.2, 0.25) is 11.7 Å². The summed E-state index contributed by atoms with van der Waals surface area (Å²) in [6.45, 7) is 5.54. The van der Waals surface area contributed by atoms with Crippen LogP contribution in [0.2, 0.25) is 0 Å². The van der Waals surface area contributed by atoms with Gasteiger partial charge >= 0.3 is 6.03 Å². The van der Waals surface area contributed by atoms with Gasteiger partial charge in [-0.25, -0.2) is 24.1 Å². The lowest BCUT2D eigenvalue weighted by molar-refractivity contribution is -0.129. The minimum Gasteiger partial charge on any atom is -0.493 e. The number of fused-ring (bicyclic) bond motifs is 1. The predicted octanol–water partition coefficient (Wildman–Crippen LogP) is 4.15. The number of benzene rings is 1. The van der Waals surface area contributed by atoms with Crippen LogP contribution in [0, 0.1) is 5.82 Å². The maximum absolute atomic E-state index is 14.9. The Hall–Kier alpha value is -4.88. The number of carbonyl (C=O) groups excluding carboxylic acids is 2. The van der Waals surface area contributed by atoms with Gasteiger partial charge in [0.15, 0.2) is 40.3 Å². The number of hydrogen-bond acceptors (Lipinski definition) is 10. The molecular weight excluding hydrogens is 525 g/mol. The fraction of sp³-hybridized carbons (Fsp3) is 0.346. The van der Waals surface area contributed by atoms with Gasteiger partial charge in [-0.1, -0.05) is 6.92 Å². The molecule has 0 fully saturated rings. The van der Waals surface area contributed by atoms with Crippen LogP contribution in [0.4, 0.5) is 38.3 Å². The zero-order valence-electron chi connectivity index (χ0n) is 22.9. The van der Waals surface area contributed by atoms with Crippen LogP contribution in [0.25, 0.3) is 0 Å². The standard InChI is InChI=1S/C26H30FN7O6/c1-7-10-28-25(36)34(14-11-17(37-4)20(39-6)18(12-14)38-5)24-29-13-15(27)21(33-24)30-19-9-8-16-22(31-19)32-23(35)26(2,3)40-16/h8-9,11-13H,7,10H2,1-6H3,(H,28,36)(H2,29,30,31,32,33,35). The largest absolute Gasteiger partial charge is 0.493 e. The van der Waals surface area contributed by atoms with Crippen molar-refractivity contribution in [2.75, 3.05) is 43.4 Å². The number of ether oxygens (including phenoxy) is 4. The number of hydrogen-bond donors (Lipinski definition) is 3. The highest BCUT2D eigenvalue weighted by Crippen LogP contribution is 2.42. The number of amides is 3. The molecule has 4 rings (SSSR count). The minimum absolute atomic E-state index is 0.150. The summed E-state index contributed by atoms with van der Waals surface area (Å²) >= 11 is 0. The lowest BCUT2D eigenvalue weighted by Gasteiger charge is -2.30. The molecule has 14 heteroatoms. The summed E-state index contributed by atoms with van der Waals surface area (Å²) in [5.41, 5.74) is -0.790. The van der Waals surface area contributed by atoms with E-state index < -0.39 is 17.4 Å². The minimum atomic E-state index is -1.06. The van der Waals surface area contributed by atoms with Crippen molar-refractivity contribution in [2.45, 2.75) is 32.8 Å². The average molecular weight is 556 g/mol. The quantitative estimate of drug-likeness (QED) is 0.352. The Bertz CT molecular complexity index is 1410. The highest BCUT2D eigenvalue weighted by Gasteiger charge is 2.36. The van der Waals surface area contributed by atoms with E-state index in [1.165, 1.54) is 21.3 Å². The Morgan fingerprint density at radius 2 is 1.82 bits per heavy atom. The molecule has 1 aliphatic rings. The van der Waals surface area contributed by atoms with Crippen molar-refractivity contribution < 1.29 is 32.9 Å². The van der Waals surface area contributed by atoms with Gasteiger partial charge in [0.1, 0.15) is 5.82 Å². The average Bonchev–Trinajstić information content (AvgIpc) is 2.93. The van der Waals surface area contributed by atoms with E-state index in [4.69, 9.17) is 18.9 Å². The van der Waals surface area contributed by atoms with E-state index in [1.807, 2.05) is 6.92 Å². The van der Waals surface area contributed by atoms with E-state index in [-0.39, 0.29) is 46.5 Å². The zero-order chi connectivity index (χ0) is 29.0. The van der Waals surface area contributed by atoms with Crippen molar-refractivity contribution in [1.82, 2.24) is 20.3 Å². The SMILES string of the molecule is CCCNC(=O)N(c1cc(OC)c(OC)c(OC)c1)c1ncc(F)c(Nc2ccc3c(n2)NC(=O)C(C)(C)O3)n1. The molecule has 2 aromatic heterocycles. The van der Waals surface area contributed by atoms with E-state index in [0.29, 0.717) is 24.5 Å². The van der Waals surface area contributed by atoms with Crippen LogP contribution in [0.15, 0.2) is 30.5 Å². The summed E-state index contributed by atoms with van der Waals surface area (Å²) in [7, 11) is 4.35. The van der Waals surface area contributed by atoms with Gasteiger partial charge in [-0.3, -0.25) is 4.79 Å². The highest BCUT2D eigenvalue weighted by molar-refractivity contribution is 6.00. The number of urea groups is 1. The molecule has 0 saturated heterocycles. The third-order valence-electron chi connectivity index (χ3n) is 5.82. The molecule has 0 saturated carbocycles. The number of carbonyl (C=O) groups is 2. The molecule has 3 aromatic rings. The molecule has 0 bridgehead atoms. The van der Waals surface area contributed by atoms with Crippen molar-refractivity contribution in [3.05, 3.63) is 36.3 Å². The van der Waals surface area contributed by atoms with Crippen molar-refractivity contribution in [1.29, 1.82) is 0 Å². The van der Waals surface area contributed by atoms with Crippen LogP contribution in [-0.4, -0.2) is 60.4 Å². The summed E-state index contributed by atoms with van der Waals surface area (Å²) in [6, 6.07) is 5.65. The Morgan fingerprint density at radius 1 is 1.12 bits per heavy atom. The van der Waals surface area contributed by atoms with Gasteiger partial charge in [-0.2, -0.15) is 4.98 Å². The molecule has 3 amide bonds. The molecule has 212 valence electrons. The van der Waals surface area contributed by atoms with E-state index in [9.17, 15) is 14.0 Å². The number of nitrogens with one attached hydrogen (secondary N) is 3. The van der Waals surface area contributed by atoms with E-state index in [2.05, 4.69) is 30.9 Å². The zero-order valence-corrected chi connectivity index (χ0v) is 22.9. The maximum Gasteiger partial charge on any atom is 0.328 e. The second-order valence-corrected chi connectivity index (χ2v) is 9.05. The molecule has 0 unspecified atom stereocenters. The fourth-order valence-corrected chi connectivity index (χ4v) is 3.77. The molecule has 0 aliphatic carbocycles. The van der Waals surface area contributed by atoms with Gasteiger partial charge in [-0.05, 0) is 32.4 Å². The topological polar surface area (TPSA) is 149 Å². The van der Waals surface area contributed by atoms with Crippen molar-refractivity contribution >= 4 is 41.0 Å². The molecule has 1 aromatic carbocycles. The van der Waals surface area contributed by atoms with Gasteiger partial charge in [0.25, 0.3) is 5.91 Å². The summed E-state index contributed by atoms with van der Waals surface area (Å²) in [6.07, 6.45) is 1.60.